The Balaban J connectivity index is 2.89. The van der Waals surface area contributed by atoms with Gasteiger partial charge in [-0.3, -0.25) is 0 Å². The van der Waals surface area contributed by atoms with Gasteiger partial charge in [-0.1, -0.05) is 0 Å². The van der Waals surface area contributed by atoms with Crippen LogP contribution in [-0.2, 0) is 0 Å². The van der Waals surface area contributed by atoms with E-state index < -0.39 is 0 Å². The molecule has 0 radical (unpaired) electrons. The van der Waals surface area contributed by atoms with Crippen molar-refractivity contribution in [3.05, 3.63) is 29.3 Å². The van der Waals surface area contributed by atoms with Crippen LogP contribution < -0.4 is 21.5 Å². The quantitative estimate of drug-likeness (QED) is 0.366. The van der Waals surface area contributed by atoms with Gasteiger partial charge in [0.1, 0.15) is 0 Å². The topological polar surface area (TPSA) is 105 Å². The van der Waals surface area contributed by atoms with Gasteiger partial charge in [0.25, 0.3) is 5.96 Å². The molecular weight excluding hydrogens is 252 g/mol. The van der Waals surface area contributed by atoms with E-state index >= 15 is 0 Å². The molecule has 5 N–H and O–H groups in total. The number of aryl methyl sites for hydroxylation is 1. The van der Waals surface area contributed by atoms with Gasteiger partial charge in [0.15, 0.2) is 0 Å². The van der Waals surface area contributed by atoms with Crippen molar-refractivity contribution in [2.75, 3.05) is 18.0 Å². The minimum atomic E-state index is -0.0100. The van der Waals surface area contributed by atoms with Crippen LogP contribution in [0.3, 0.4) is 0 Å². The van der Waals surface area contributed by atoms with Gasteiger partial charge in [-0.05, 0) is 37.6 Å². The van der Waals surface area contributed by atoms with E-state index in [1.54, 1.807) is 6.21 Å². The van der Waals surface area contributed by atoms with Gasteiger partial charge < -0.3 is 16.4 Å². The Morgan fingerprint density at radius 2 is 2.25 bits per heavy atom. The van der Waals surface area contributed by atoms with Crippen molar-refractivity contribution in [1.82, 2.24) is 0 Å². The third kappa shape index (κ3) is 4.61. The van der Waals surface area contributed by atoms with Gasteiger partial charge in [0, 0.05) is 29.4 Å². The Morgan fingerprint density at radius 3 is 2.80 bits per heavy atom. The minimum Gasteiger partial charge on any atom is -0.371 e. The van der Waals surface area contributed by atoms with Gasteiger partial charge in [-0.15, -0.1) is 5.10 Å². The molecule has 0 aliphatic carbocycles. The van der Waals surface area contributed by atoms with Crippen molar-refractivity contribution in [1.29, 1.82) is 5.26 Å². The van der Waals surface area contributed by atoms with Crippen molar-refractivity contribution in [3.8, 4) is 6.07 Å². The number of hydrogen-bond acceptors (Lipinski definition) is 3. The van der Waals surface area contributed by atoms with Crippen LogP contribution in [-0.4, -0.2) is 25.3 Å². The first-order chi connectivity index (χ1) is 9.58. The summed E-state index contributed by atoms with van der Waals surface area (Å²) in [5.41, 5.74) is 13.7. The molecule has 0 aliphatic rings. The van der Waals surface area contributed by atoms with E-state index in [2.05, 4.69) is 34.2 Å². The third-order valence-corrected chi connectivity index (χ3v) is 2.91. The first kappa shape index (κ1) is 15.5. The summed E-state index contributed by atoms with van der Waals surface area (Å²) in [6.45, 7) is 5.70. The summed E-state index contributed by atoms with van der Waals surface area (Å²) in [5, 5.41) is 15.1. The van der Waals surface area contributed by atoms with Gasteiger partial charge in [-0.2, -0.15) is 5.26 Å². The molecule has 0 aromatic heterocycles. The van der Waals surface area contributed by atoms with Gasteiger partial charge in [-0.25, -0.2) is 0 Å². The van der Waals surface area contributed by atoms with Crippen LogP contribution in [0.1, 0.15) is 24.5 Å². The standard InChI is InChI=1S/C14H20N6/c1-3-20(8-4-7-15)13-6-5-12(11(2)9-13)10-18-19-14(16)17/h5-6,9-10H,3-4,8H2,1-2H3,(H4,16,17,19)/p+1/b18-10-. The first-order valence-electron chi connectivity index (χ1n) is 6.48. The number of guanidine groups is 1. The van der Waals surface area contributed by atoms with Crippen molar-refractivity contribution in [2.24, 2.45) is 16.6 Å². The zero-order chi connectivity index (χ0) is 15.0. The Kier molecular flexibility index (Phi) is 6.04. The highest BCUT2D eigenvalue weighted by Gasteiger charge is 2.06. The van der Waals surface area contributed by atoms with Crippen LogP contribution >= 0.6 is 0 Å². The fourth-order valence-electron chi connectivity index (χ4n) is 1.85. The number of benzene rings is 1. The van der Waals surface area contributed by atoms with E-state index in [0.29, 0.717) is 6.42 Å². The summed E-state index contributed by atoms with van der Waals surface area (Å²) in [7, 11) is 0. The SMILES string of the molecule is CCN(CCC#N)c1ccc(/C=[NH+]\N=C(N)N)c(C)c1. The van der Waals surface area contributed by atoms with E-state index in [0.717, 1.165) is 29.9 Å². The van der Waals surface area contributed by atoms with Crippen LogP contribution in [0.15, 0.2) is 23.3 Å². The predicted octanol–water partition coefficient (Wildman–Crippen LogP) is -0.577. The number of hydrogen-bond donors (Lipinski definition) is 3. The van der Waals surface area contributed by atoms with Crippen LogP contribution in [0.2, 0.25) is 0 Å². The molecule has 0 saturated heterocycles. The summed E-state index contributed by atoms with van der Waals surface area (Å²) in [6.07, 6.45) is 2.26. The molecule has 1 aromatic rings. The maximum absolute atomic E-state index is 8.68. The molecular formula is C14H21N6+. The van der Waals surface area contributed by atoms with Crippen LogP contribution in [0.25, 0.3) is 0 Å². The van der Waals surface area contributed by atoms with Crippen LogP contribution in [0, 0.1) is 18.3 Å². The molecule has 0 heterocycles. The van der Waals surface area contributed by atoms with E-state index in [1.807, 2.05) is 19.1 Å². The lowest BCUT2D eigenvalue weighted by Gasteiger charge is -2.22. The summed E-state index contributed by atoms with van der Waals surface area (Å²) in [4.78, 5) is 2.17. The molecule has 6 nitrogen and oxygen atoms in total. The van der Waals surface area contributed by atoms with E-state index in [9.17, 15) is 0 Å². The molecule has 0 saturated carbocycles. The highest BCUT2D eigenvalue weighted by molar-refractivity contribution is 5.79. The van der Waals surface area contributed by atoms with Crippen molar-refractivity contribution >= 4 is 17.9 Å². The lowest BCUT2D eigenvalue weighted by molar-refractivity contribution is -0.456. The Labute approximate surface area is 119 Å². The summed E-state index contributed by atoms with van der Waals surface area (Å²) in [6, 6.07) is 8.28. The fraction of sp³-hybridized carbons (Fsp3) is 0.357. The van der Waals surface area contributed by atoms with Crippen LogP contribution in [0.5, 0.6) is 0 Å². The summed E-state index contributed by atoms with van der Waals surface area (Å²) >= 11 is 0. The highest BCUT2D eigenvalue weighted by Crippen LogP contribution is 2.18. The average Bonchev–Trinajstić information content (AvgIpc) is 2.41. The van der Waals surface area contributed by atoms with E-state index in [-0.39, 0.29) is 5.96 Å². The lowest BCUT2D eigenvalue weighted by atomic mass is 10.1. The number of anilines is 1. The highest BCUT2D eigenvalue weighted by atomic mass is 15.3. The minimum absolute atomic E-state index is 0.0100. The van der Waals surface area contributed by atoms with Crippen molar-refractivity contribution < 1.29 is 5.10 Å². The Bertz CT molecular complexity index is 537. The average molecular weight is 273 g/mol. The number of nitrogens with two attached hydrogens (primary N) is 2. The molecule has 0 amide bonds. The predicted molar refractivity (Wildman–Crippen MR) is 81.2 cm³/mol. The maximum atomic E-state index is 8.68. The first-order valence-corrected chi connectivity index (χ1v) is 6.48. The maximum Gasteiger partial charge on any atom is 0.256 e. The largest absolute Gasteiger partial charge is 0.371 e. The molecule has 6 heteroatoms. The Hall–Kier alpha value is -2.55. The molecule has 0 fully saturated rings. The van der Waals surface area contributed by atoms with Gasteiger partial charge >= 0.3 is 0 Å². The van der Waals surface area contributed by atoms with E-state index in [4.69, 9.17) is 16.7 Å². The van der Waals surface area contributed by atoms with Gasteiger partial charge in [0.2, 0.25) is 6.21 Å². The number of nitriles is 1. The second-order valence-corrected chi connectivity index (χ2v) is 4.34. The summed E-state index contributed by atoms with van der Waals surface area (Å²) in [5.74, 6) is -0.0100. The third-order valence-electron chi connectivity index (χ3n) is 2.91. The molecule has 1 aromatic carbocycles. The zero-order valence-corrected chi connectivity index (χ0v) is 11.9. The molecule has 106 valence electrons. The molecule has 0 aliphatic heterocycles. The second kappa shape index (κ2) is 7.79. The van der Waals surface area contributed by atoms with E-state index in [1.165, 1.54) is 0 Å². The monoisotopic (exact) mass is 273 g/mol. The smallest absolute Gasteiger partial charge is 0.256 e. The molecule has 0 bridgehead atoms. The number of nitrogens with one attached hydrogen (secondary N) is 1. The van der Waals surface area contributed by atoms with Gasteiger partial charge in [0.05, 0.1) is 12.5 Å². The fourth-order valence-corrected chi connectivity index (χ4v) is 1.85. The molecule has 1 rings (SSSR count). The normalized spacial score (nSPS) is 10.2. The Morgan fingerprint density at radius 1 is 1.50 bits per heavy atom. The lowest BCUT2D eigenvalue weighted by Crippen LogP contribution is -2.63. The molecule has 20 heavy (non-hydrogen) atoms. The molecule has 0 atom stereocenters. The molecule has 0 spiro atoms. The summed E-state index contributed by atoms with van der Waals surface area (Å²) < 4.78 is 0. The van der Waals surface area contributed by atoms with Crippen LogP contribution in [0.4, 0.5) is 5.69 Å². The molecule has 0 unspecified atom stereocenters. The number of rotatable bonds is 6. The van der Waals surface area contributed by atoms with Crippen molar-refractivity contribution in [2.45, 2.75) is 20.3 Å². The zero-order valence-electron chi connectivity index (χ0n) is 11.9. The second-order valence-electron chi connectivity index (χ2n) is 4.34. The number of nitrogens with zero attached hydrogens (tertiary/aromatic N) is 3. The van der Waals surface area contributed by atoms with Crippen molar-refractivity contribution in [3.63, 3.8) is 0 Å². The number of hydrazone groups is 1.